The van der Waals surface area contributed by atoms with E-state index in [1.54, 1.807) is 0 Å². The zero-order valence-corrected chi connectivity index (χ0v) is 17.0. The molecule has 3 rings (SSSR count). The normalized spacial score (nSPS) is 25.0. The molecule has 0 aliphatic heterocycles. The molecule has 2 aliphatic carbocycles. The van der Waals surface area contributed by atoms with Gasteiger partial charge in [-0.15, -0.1) is 0 Å². The van der Waals surface area contributed by atoms with E-state index in [4.69, 9.17) is 5.26 Å². The van der Waals surface area contributed by atoms with Crippen molar-refractivity contribution in [3.8, 4) is 6.07 Å². The van der Waals surface area contributed by atoms with Gasteiger partial charge in [0.1, 0.15) is 0 Å². The minimum Gasteiger partial charge on any atom is -0.192 e. The van der Waals surface area contributed by atoms with Crippen LogP contribution in [0.2, 0.25) is 0 Å². The molecule has 1 saturated carbocycles. The van der Waals surface area contributed by atoms with E-state index in [0.717, 1.165) is 23.3 Å². The molecule has 1 aromatic rings. The van der Waals surface area contributed by atoms with Gasteiger partial charge >= 0.3 is 0 Å². The highest BCUT2D eigenvalue weighted by Gasteiger charge is 2.26. The highest BCUT2D eigenvalue weighted by Crippen LogP contribution is 2.39. The molecule has 1 nitrogen and oxygen atoms in total. The molecule has 144 valence electrons. The van der Waals surface area contributed by atoms with Crippen LogP contribution < -0.4 is 0 Å². The first-order valence-electron chi connectivity index (χ1n) is 11.2. The summed E-state index contributed by atoms with van der Waals surface area (Å²) < 4.78 is 0. The van der Waals surface area contributed by atoms with Gasteiger partial charge in [0.15, 0.2) is 0 Å². The van der Waals surface area contributed by atoms with Crippen LogP contribution in [0.3, 0.4) is 0 Å². The second-order valence-corrected chi connectivity index (χ2v) is 8.59. The Labute approximate surface area is 166 Å². The zero-order valence-electron chi connectivity index (χ0n) is 17.0. The maximum absolute atomic E-state index is 8.94. The van der Waals surface area contributed by atoms with E-state index in [1.807, 2.05) is 12.1 Å². The maximum atomic E-state index is 8.94. The molecule has 1 heteroatoms. The molecule has 2 aliphatic rings. The van der Waals surface area contributed by atoms with Crippen molar-refractivity contribution in [3.05, 3.63) is 53.6 Å². The van der Waals surface area contributed by atoms with E-state index in [9.17, 15) is 0 Å². The summed E-state index contributed by atoms with van der Waals surface area (Å²) in [6, 6.07) is 10.2. The minimum absolute atomic E-state index is 0.734. The standard InChI is InChI=1S/C26H35N/c1-2-3-4-5-6-7-21-8-12-23(13-9-21)25-16-18-26(19-17-25)24-14-10-22(20-27)11-15-24/h10-11,14-16,18-19,21,23,25H,2-9,12-13,17H2,1H3/t21-,23-,25?. The summed E-state index contributed by atoms with van der Waals surface area (Å²) in [7, 11) is 0. The summed E-state index contributed by atoms with van der Waals surface area (Å²) in [5.41, 5.74) is 3.28. The number of allylic oxidation sites excluding steroid dienone is 4. The van der Waals surface area contributed by atoms with Crippen LogP contribution in [0.4, 0.5) is 0 Å². The quantitative estimate of drug-likeness (QED) is 0.435. The maximum Gasteiger partial charge on any atom is 0.0991 e. The first kappa shape index (κ1) is 19.9. The third kappa shape index (κ3) is 5.83. The first-order valence-corrected chi connectivity index (χ1v) is 11.2. The monoisotopic (exact) mass is 361 g/mol. The van der Waals surface area contributed by atoms with Crippen molar-refractivity contribution in [1.29, 1.82) is 5.26 Å². The number of hydrogen-bond acceptors (Lipinski definition) is 1. The summed E-state index contributed by atoms with van der Waals surface area (Å²) in [6.07, 6.45) is 22.7. The molecule has 0 heterocycles. The Morgan fingerprint density at radius 1 is 0.963 bits per heavy atom. The van der Waals surface area contributed by atoms with Gasteiger partial charge in [-0.3, -0.25) is 0 Å². The summed E-state index contributed by atoms with van der Waals surface area (Å²) in [4.78, 5) is 0. The van der Waals surface area contributed by atoms with Crippen molar-refractivity contribution in [1.82, 2.24) is 0 Å². The van der Waals surface area contributed by atoms with Gasteiger partial charge in [-0.1, -0.05) is 88.7 Å². The summed E-state index contributed by atoms with van der Waals surface area (Å²) in [5, 5.41) is 8.94. The summed E-state index contributed by atoms with van der Waals surface area (Å²) in [6.45, 7) is 2.30. The number of nitrogens with zero attached hydrogens (tertiary/aromatic N) is 1. The van der Waals surface area contributed by atoms with Gasteiger partial charge in [0.25, 0.3) is 0 Å². The molecule has 27 heavy (non-hydrogen) atoms. The van der Waals surface area contributed by atoms with Crippen molar-refractivity contribution in [2.75, 3.05) is 0 Å². The average Bonchev–Trinajstić information content (AvgIpc) is 2.74. The van der Waals surface area contributed by atoms with Crippen LogP contribution in [-0.2, 0) is 0 Å². The predicted molar refractivity (Wildman–Crippen MR) is 115 cm³/mol. The van der Waals surface area contributed by atoms with Crippen molar-refractivity contribution in [3.63, 3.8) is 0 Å². The van der Waals surface area contributed by atoms with Gasteiger partial charge in [0.2, 0.25) is 0 Å². The predicted octanol–water partition coefficient (Wildman–Crippen LogP) is 7.68. The van der Waals surface area contributed by atoms with Crippen LogP contribution in [0.25, 0.3) is 5.57 Å². The van der Waals surface area contributed by atoms with Crippen molar-refractivity contribution in [2.45, 2.75) is 77.6 Å². The van der Waals surface area contributed by atoms with Crippen molar-refractivity contribution < 1.29 is 0 Å². The van der Waals surface area contributed by atoms with Crippen LogP contribution in [-0.4, -0.2) is 0 Å². The Morgan fingerprint density at radius 2 is 1.70 bits per heavy atom. The molecule has 1 aromatic carbocycles. The highest BCUT2D eigenvalue weighted by atomic mass is 14.3. The Hall–Kier alpha value is -1.81. The Kier molecular flexibility index (Phi) is 7.76. The van der Waals surface area contributed by atoms with E-state index in [2.05, 4.69) is 43.4 Å². The fourth-order valence-electron chi connectivity index (χ4n) is 4.88. The van der Waals surface area contributed by atoms with Crippen LogP contribution in [0.1, 0.15) is 88.7 Å². The molecular formula is C26H35N. The van der Waals surface area contributed by atoms with Gasteiger partial charge in [-0.2, -0.15) is 5.26 Å². The molecule has 0 N–H and O–H groups in total. The van der Waals surface area contributed by atoms with Crippen LogP contribution in [0, 0.1) is 29.1 Å². The molecule has 0 spiro atoms. The molecule has 0 saturated heterocycles. The van der Waals surface area contributed by atoms with Gasteiger partial charge in [-0.05, 0) is 60.3 Å². The van der Waals surface area contributed by atoms with Crippen LogP contribution in [0.5, 0.6) is 0 Å². The van der Waals surface area contributed by atoms with Gasteiger partial charge in [0.05, 0.1) is 11.6 Å². The summed E-state index contributed by atoms with van der Waals surface area (Å²) >= 11 is 0. The minimum atomic E-state index is 0.734. The van der Waals surface area contributed by atoms with Crippen molar-refractivity contribution >= 4 is 5.57 Å². The lowest BCUT2D eigenvalue weighted by Gasteiger charge is -2.33. The molecule has 1 unspecified atom stereocenters. The number of hydrogen-bond donors (Lipinski definition) is 0. The van der Waals surface area contributed by atoms with Crippen LogP contribution in [0.15, 0.2) is 42.5 Å². The van der Waals surface area contributed by atoms with E-state index >= 15 is 0 Å². The summed E-state index contributed by atoms with van der Waals surface area (Å²) in [5.74, 6) is 2.62. The lowest BCUT2D eigenvalue weighted by Crippen LogP contribution is -2.21. The molecule has 1 atom stereocenters. The molecule has 0 bridgehead atoms. The largest absolute Gasteiger partial charge is 0.192 e. The lowest BCUT2D eigenvalue weighted by molar-refractivity contribution is 0.218. The molecule has 0 amide bonds. The van der Waals surface area contributed by atoms with E-state index in [0.29, 0.717) is 0 Å². The third-order valence-corrected chi connectivity index (χ3v) is 6.69. The van der Waals surface area contributed by atoms with Gasteiger partial charge in [0, 0.05) is 0 Å². The second kappa shape index (κ2) is 10.5. The fourth-order valence-corrected chi connectivity index (χ4v) is 4.88. The third-order valence-electron chi connectivity index (χ3n) is 6.69. The molecular weight excluding hydrogens is 326 g/mol. The van der Waals surface area contributed by atoms with Gasteiger partial charge in [-0.25, -0.2) is 0 Å². The molecule has 1 fully saturated rings. The van der Waals surface area contributed by atoms with E-state index in [-0.39, 0.29) is 0 Å². The fraction of sp³-hybridized carbons (Fsp3) is 0.577. The van der Waals surface area contributed by atoms with Crippen molar-refractivity contribution in [2.24, 2.45) is 17.8 Å². The number of rotatable bonds is 8. The highest BCUT2D eigenvalue weighted by molar-refractivity contribution is 5.75. The number of benzene rings is 1. The van der Waals surface area contributed by atoms with E-state index in [1.165, 1.54) is 81.8 Å². The van der Waals surface area contributed by atoms with Gasteiger partial charge < -0.3 is 0 Å². The Balaban J connectivity index is 1.41. The van der Waals surface area contributed by atoms with Crippen LogP contribution >= 0.6 is 0 Å². The Morgan fingerprint density at radius 3 is 2.33 bits per heavy atom. The number of nitriles is 1. The second-order valence-electron chi connectivity index (χ2n) is 8.59. The topological polar surface area (TPSA) is 23.8 Å². The number of unbranched alkanes of at least 4 members (excludes halogenated alkanes) is 4. The first-order chi connectivity index (χ1) is 13.3. The molecule has 0 aromatic heterocycles. The lowest BCUT2D eigenvalue weighted by atomic mass is 9.72. The van der Waals surface area contributed by atoms with E-state index < -0.39 is 0 Å². The Bertz CT molecular complexity index is 665. The molecule has 0 radical (unpaired) electrons. The zero-order chi connectivity index (χ0) is 18.9. The smallest absolute Gasteiger partial charge is 0.0991 e. The SMILES string of the molecule is CCCCCCC[C@H]1CC[C@H](C2C=CC(c3ccc(C#N)cc3)=CC2)CC1. The average molecular weight is 362 g/mol.